The molecule has 0 aliphatic heterocycles. The zero-order chi connectivity index (χ0) is 26.7. The highest BCUT2D eigenvalue weighted by atomic mass is 35.5. The van der Waals surface area contributed by atoms with E-state index in [1.54, 1.807) is 54.2 Å². The Kier molecular flexibility index (Phi) is 7.45. The number of hydrogen-bond acceptors (Lipinski definition) is 3. The van der Waals surface area contributed by atoms with Crippen molar-refractivity contribution in [1.82, 2.24) is 9.78 Å². The molecule has 3 aromatic carbocycles. The number of hydrogen-bond donors (Lipinski definition) is 1. The summed E-state index contributed by atoms with van der Waals surface area (Å²) >= 11 is 6.20. The summed E-state index contributed by atoms with van der Waals surface area (Å²) in [5, 5.41) is 7.96. The lowest BCUT2D eigenvalue weighted by Gasteiger charge is -2.19. The summed E-state index contributed by atoms with van der Waals surface area (Å²) in [6.45, 7) is 6.13. The second kappa shape index (κ2) is 10.6. The molecule has 0 fully saturated rings. The van der Waals surface area contributed by atoms with Crippen LogP contribution in [0.2, 0.25) is 5.02 Å². The van der Waals surface area contributed by atoms with Crippen LogP contribution in [0.15, 0.2) is 78.9 Å². The highest BCUT2D eigenvalue weighted by Gasteiger charge is 2.25. The predicted molar refractivity (Wildman–Crippen MR) is 145 cm³/mol. The molecule has 0 aliphatic rings. The van der Waals surface area contributed by atoms with E-state index in [1.165, 1.54) is 17.0 Å². The van der Waals surface area contributed by atoms with Gasteiger partial charge in [0.05, 0.1) is 23.4 Å². The van der Waals surface area contributed by atoms with Crippen molar-refractivity contribution in [1.29, 1.82) is 0 Å². The molecular weight excluding hydrogens is 491 g/mol. The number of rotatable bonds is 6. The zero-order valence-electron chi connectivity index (χ0n) is 21.1. The van der Waals surface area contributed by atoms with Crippen LogP contribution in [0.1, 0.15) is 42.4 Å². The van der Waals surface area contributed by atoms with Crippen molar-refractivity contribution in [2.75, 3.05) is 17.3 Å². The Morgan fingerprint density at radius 1 is 1.00 bits per heavy atom. The van der Waals surface area contributed by atoms with Gasteiger partial charge in [-0.15, -0.1) is 0 Å². The first-order valence-corrected chi connectivity index (χ1v) is 12.2. The van der Waals surface area contributed by atoms with Crippen LogP contribution in [0, 0.1) is 5.82 Å². The number of para-hydroxylation sites is 1. The molecule has 37 heavy (non-hydrogen) atoms. The van der Waals surface area contributed by atoms with Gasteiger partial charge in [-0.3, -0.25) is 14.5 Å². The summed E-state index contributed by atoms with van der Waals surface area (Å²) < 4.78 is 16.5. The smallest absolute Gasteiger partial charge is 0.258 e. The average Bonchev–Trinajstić information content (AvgIpc) is 3.30. The van der Waals surface area contributed by atoms with Crippen LogP contribution in [0.25, 0.3) is 5.69 Å². The Morgan fingerprint density at radius 3 is 2.38 bits per heavy atom. The summed E-state index contributed by atoms with van der Waals surface area (Å²) in [6.07, 6.45) is -0.0560. The normalized spacial score (nSPS) is 11.3. The molecule has 190 valence electrons. The van der Waals surface area contributed by atoms with Gasteiger partial charge in [0.2, 0.25) is 5.91 Å². The minimum absolute atomic E-state index is 0.0560. The van der Waals surface area contributed by atoms with E-state index in [2.05, 4.69) is 5.32 Å². The molecule has 8 heteroatoms. The predicted octanol–water partition coefficient (Wildman–Crippen LogP) is 6.42. The van der Waals surface area contributed by atoms with Crippen LogP contribution in [0.4, 0.5) is 15.9 Å². The van der Waals surface area contributed by atoms with E-state index in [4.69, 9.17) is 16.7 Å². The van der Waals surface area contributed by atoms with Gasteiger partial charge in [0.15, 0.2) is 0 Å². The lowest BCUT2D eigenvalue weighted by molar-refractivity contribution is -0.117. The largest absolute Gasteiger partial charge is 0.322 e. The standard InChI is InChI=1S/C29H28ClFN4O2/c1-29(2,3)25-18-26(35(33-25)22-12-8-9-20(30)17-22)34(4)27(36)16-19-13-14-23(24(31)15-19)28(37)32-21-10-6-5-7-11-21/h5-15,17-18H,16H2,1-4H3,(H,32,37). The van der Waals surface area contributed by atoms with Crippen molar-refractivity contribution in [3.63, 3.8) is 0 Å². The molecule has 1 N–H and O–H groups in total. The van der Waals surface area contributed by atoms with E-state index in [0.717, 1.165) is 11.4 Å². The maximum Gasteiger partial charge on any atom is 0.258 e. The van der Waals surface area contributed by atoms with Crippen LogP contribution in [0.5, 0.6) is 0 Å². The van der Waals surface area contributed by atoms with E-state index >= 15 is 0 Å². The Hall–Kier alpha value is -3.97. The topological polar surface area (TPSA) is 67.2 Å². The van der Waals surface area contributed by atoms with Gasteiger partial charge in [-0.25, -0.2) is 9.07 Å². The second-order valence-corrected chi connectivity index (χ2v) is 10.2. The van der Waals surface area contributed by atoms with Crippen LogP contribution < -0.4 is 10.2 Å². The minimum Gasteiger partial charge on any atom is -0.322 e. The van der Waals surface area contributed by atoms with Gasteiger partial charge in [-0.05, 0) is 48.0 Å². The van der Waals surface area contributed by atoms with Gasteiger partial charge in [-0.2, -0.15) is 5.10 Å². The Bertz CT molecular complexity index is 1440. The molecular formula is C29H28ClFN4O2. The van der Waals surface area contributed by atoms with Gasteiger partial charge in [0.1, 0.15) is 11.6 Å². The van der Waals surface area contributed by atoms with Crippen LogP contribution in [0.3, 0.4) is 0 Å². The molecule has 0 spiro atoms. The van der Waals surface area contributed by atoms with Gasteiger partial charge >= 0.3 is 0 Å². The van der Waals surface area contributed by atoms with E-state index in [-0.39, 0.29) is 23.3 Å². The maximum absolute atomic E-state index is 14.8. The Morgan fingerprint density at radius 2 is 1.73 bits per heavy atom. The maximum atomic E-state index is 14.8. The number of amides is 2. The fourth-order valence-corrected chi connectivity index (χ4v) is 3.95. The van der Waals surface area contributed by atoms with E-state index in [1.807, 2.05) is 45.0 Å². The molecule has 0 unspecified atom stereocenters. The molecule has 4 rings (SSSR count). The Balaban J connectivity index is 1.56. The third kappa shape index (κ3) is 6.06. The van der Waals surface area contributed by atoms with Crippen molar-refractivity contribution >= 4 is 34.9 Å². The lowest BCUT2D eigenvalue weighted by Crippen LogP contribution is -2.30. The number of aromatic nitrogens is 2. The first-order valence-electron chi connectivity index (χ1n) is 11.8. The molecule has 0 bridgehead atoms. The number of carbonyl (C=O) groups excluding carboxylic acids is 2. The third-order valence-electron chi connectivity index (χ3n) is 5.89. The van der Waals surface area contributed by atoms with Crippen molar-refractivity contribution in [3.8, 4) is 5.69 Å². The van der Waals surface area contributed by atoms with Crippen molar-refractivity contribution in [2.24, 2.45) is 0 Å². The summed E-state index contributed by atoms with van der Waals surface area (Å²) in [6, 6.07) is 22.1. The van der Waals surface area contributed by atoms with Crippen LogP contribution in [-0.4, -0.2) is 28.6 Å². The molecule has 4 aromatic rings. The van der Waals surface area contributed by atoms with Crippen molar-refractivity contribution < 1.29 is 14.0 Å². The van der Waals surface area contributed by atoms with Crippen molar-refractivity contribution in [3.05, 3.63) is 107 Å². The second-order valence-electron chi connectivity index (χ2n) is 9.79. The number of carbonyl (C=O) groups is 2. The molecule has 2 amide bonds. The van der Waals surface area contributed by atoms with Gasteiger partial charge in [0, 0.05) is 29.2 Å². The number of halogens is 2. The van der Waals surface area contributed by atoms with Crippen molar-refractivity contribution in [2.45, 2.75) is 32.6 Å². The van der Waals surface area contributed by atoms with Gasteiger partial charge in [0.25, 0.3) is 5.91 Å². The zero-order valence-corrected chi connectivity index (χ0v) is 21.9. The summed E-state index contributed by atoms with van der Waals surface area (Å²) in [5.74, 6) is -0.944. The van der Waals surface area contributed by atoms with Gasteiger partial charge in [-0.1, -0.05) is 62.7 Å². The van der Waals surface area contributed by atoms with E-state index < -0.39 is 11.7 Å². The first kappa shape index (κ1) is 26.1. The molecule has 0 atom stereocenters. The summed E-state index contributed by atoms with van der Waals surface area (Å²) in [7, 11) is 1.66. The highest BCUT2D eigenvalue weighted by Crippen LogP contribution is 2.29. The van der Waals surface area contributed by atoms with Crippen LogP contribution in [-0.2, 0) is 16.6 Å². The number of benzene rings is 3. The molecule has 6 nitrogen and oxygen atoms in total. The quantitative estimate of drug-likeness (QED) is 0.320. The molecule has 0 radical (unpaired) electrons. The molecule has 1 heterocycles. The monoisotopic (exact) mass is 518 g/mol. The van der Waals surface area contributed by atoms with E-state index in [0.29, 0.717) is 22.1 Å². The highest BCUT2D eigenvalue weighted by molar-refractivity contribution is 6.30. The number of anilines is 2. The average molecular weight is 519 g/mol. The molecule has 0 saturated heterocycles. The van der Waals surface area contributed by atoms with Gasteiger partial charge < -0.3 is 5.32 Å². The molecule has 1 aromatic heterocycles. The van der Waals surface area contributed by atoms with Crippen LogP contribution >= 0.6 is 11.6 Å². The summed E-state index contributed by atoms with van der Waals surface area (Å²) in [4.78, 5) is 27.2. The van der Waals surface area contributed by atoms with E-state index in [9.17, 15) is 14.0 Å². The molecule has 0 aliphatic carbocycles. The Labute approximate surface area is 220 Å². The fraction of sp³-hybridized carbons (Fsp3) is 0.207. The minimum atomic E-state index is -0.694. The first-order chi connectivity index (χ1) is 17.5. The fourth-order valence-electron chi connectivity index (χ4n) is 3.77. The summed E-state index contributed by atoms with van der Waals surface area (Å²) in [5.41, 5.74) is 2.21. The number of nitrogens with one attached hydrogen (secondary N) is 1. The third-order valence-corrected chi connectivity index (χ3v) is 6.13. The SMILES string of the molecule is CN(C(=O)Cc1ccc(C(=O)Nc2ccccc2)c(F)c1)c1cc(C(C)(C)C)nn1-c1cccc(Cl)c1. The number of likely N-dealkylation sites (N-methyl/N-ethyl adjacent to an activating group) is 1. The molecule has 0 saturated carbocycles. The lowest BCUT2D eigenvalue weighted by atomic mass is 9.92. The number of nitrogens with zero attached hydrogens (tertiary/aromatic N) is 3.